The summed E-state index contributed by atoms with van der Waals surface area (Å²) in [4.78, 5) is 24.3. The van der Waals surface area contributed by atoms with Gasteiger partial charge in [-0.1, -0.05) is 12.1 Å². The molecule has 2 aliphatic heterocycles. The first kappa shape index (κ1) is 11.1. The van der Waals surface area contributed by atoms with Gasteiger partial charge < -0.3 is 9.47 Å². The van der Waals surface area contributed by atoms with Crippen molar-refractivity contribution >= 4 is 11.8 Å². The van der Waals surface area contributed by atoms with Crippen LogP contribution >= 0.6 is 0 Å². The van der Waals surface area contributed by atoms with E-state index in [9.17, 15) is 9.59 Å². The topological polar surface area (TPSA) is 55.8 Å². The Labute approximate surface area is 104 Å². The molecule has 0 aliphatic carbocycles. The van der Waals surface area contributed by atoms with E-state index in [0.29, 0.717) is 30.9 Å². The Hall–Kier alpha value is -2.04. The molecule has 0 aromatic heterocycles. The largest absolute Gasteiger partial charge is 0.486 e. The van der Waals surface area contributed by atoms with Crippen LogP contribution in [0.15, 0.2) is 24.3 Å². The summed E-state index contributed by atoms with van der Waals surface area (Å²) < 4.78 is 11.3. The number of likely N-dealkylation sites (tertiary alicyclic amines) is 1. The van der Waals surface area contributed by atoms with Crippen LogP contribution in [-0.2, 0) is 9.59 Å². The lowest BCUT2D eigenvalue weighted by molar-refractivity contribution is -0.140. The van der Waals surface area contributed by atoms with E-state index in [4.69, 9.17) is 9.47 Å². The van der Waals surface area contributed by atoms with E-state index in [0.717, 1.165) is 0 Å². The van der Waals surface area contributed by atoms with Crippen molar-refractivity contribution in [2.45, 2.75) is 18.9 Å². The van der Waals surface area contributed by atoms with Crippen LogP contribution in [-0.4, -0.2) is 36.0 Å². The number of hydrogen-bond acceptors (Lipinski definition) is 4. The fourth-order valence-electron chi connectivity index (χ4n) is 2.18. The summed E-state index contributed by atoms with van der Waals surface area (Å²) in [6.45, 7) is 0.625. The number of benzene rings is 1. The normalized spacial score (nSPS) is 22.4. The van der Waals surface area contributed by atoms with Crippen LogP contribution in [0.4, 0.5) is 0 Å². The second kappa shape index (κ2) is 4.33. The first-order valence-corrected chi connectivity index (χ1v) is 5.96. The second-order valence-corrected chi connectivity index (χ2v) is 4.40. The van der Waals surface area contributed by atoms with Crippen molar-refractivity contribution in [1.29, 1.82) is 0 Å². The molecule has 1 aromatic carbocycles. The lowest BCUT2D eigenvalue weighted by Crippen LogP contribution is -2.43. The predicted molar refractivity (Wildman–Crippen MR) is 62.3 cm³/mol. The van der Waals surface area contributed by atoms with E-state index in [1.54, 1.807) is 0 Å². The molecule has 0 spiro atoms. The van der Waals surface area contributed by atoms with Gasteiger partial charge >= 0.3 is 0 Å². The van der Waals surface area contributed by atoms with Crippen LogP contribution in [0.1, 0.15) is 12.8 Å². The Kier molecular flexibility index (Phi) is 2.66. The van der Waals surface area contributed by atoms with E-state index in [-0.39, 0.29) is 24.5 Å². The number of ether oxygens (including phenoxy) is 2. The number of nitrogens with zero attached hydrogens (tertiary/aromatic N) is 1. The number of hydrogen-bond donors (Lipinski definition) is 0. The molecule has 0 saturated carbocycles. The van der Waals surface area contributed by atoms with Crippen LogP contribution in [0, 0.1) is 0 Å². The molecule has 0 N–H and O–H groups in total. The number of rotatable bonds is 2. The third kappa shape index (κ3) is 1.92. The molecular weight excluding hydrogens is 234 g/mol. The van der Waals surface area contributed by atoms with Crippen LogP contribution < -0.4 is 9.47 Å². The summed E-state index contributed by atoms with van der Waals surface area (Å²) in [5.41, 5.74) is 0. The SMILES string of the molecule is O=C1CCC(=O)N1CC1COc2ccccc2O1. The Morgan fingerprint density at radius 1 is 1.11 bits per heavy atom. The smallest absolute Gasteiger partial charge is 0.229 e. The predicted octanol–water partition coefficient (Wildman–Crippen LogP) is 0.975. The molecule has 18 heavy (non-hydrogen) atoms. The summed E-state index contributed by atoms with van der Waals surface area (Å²) in [7, 11) is 0. The van der Waals surface area contributed by atoms with Gasteiger partial charge in [-0.25, -0.2) is 0 Å². The van der Waals surface area contributed by atoms with Crippen molar-refractivity contribution < 1.29 is 19.1 Å². The van der Waals surface area contributed by atoms with Gasteiger partial charge in [-0.05, 0) is 12.1 Å². The lowest BCUT2D eigenvalue weighted by atomic mass is 10.2. The monoisotopic (exact) mass is 247 g/mol. The molecule has 0 bridgehead atoms. The molecule has 94 valence electrons. The van der Waals surface area contributed by atoms with Crippen LogP contribution in [0.3, 0.4) is 0 Å². The van der Waals surface area contributed by atoms with E-state index in [2.05, 4.69) is 0 Å². The number of fused-ring (bicyclic) bond motifs is 1. The number of imide groups is 1. The van der Waals surface area contributed by atoms with Gasteiger partial charge in [0.1, 0.15) is 6.61 Å². The molecule has 1 saturated heterocycles. The summed E-state index contributed by atoms with van der Waals surface area (Å²) in [6.07, 6.45) is 0.331. The summed E-state index contributed by atoms with van der Waals surface area (Å²) >= 11 is 0. The quantitative estimate of drug-likeness (QED) is 0.731. The maximum atomic E-state index is 11.5. The minimum Gasteiger partial charge on any atom is -0.486 e. The molecule has 2 amide bonds. The summed E-state index contributed by atoms with van der Waals surface area (Å²) in [5.74, 6) is 1.12. The zero-order chi connectivity index (χ0) is 12.5. The molecule has 1 atom stereocenters. The van der Waals surface area contributed by atoms with Gasteiger partial charge in [-0.15, -0.1) is 0 Å². The standard InChI is InChI=1S/C13H13NO4/c15-12-5-6-13(16)14(12)7-9-8-17-10-3-1-2-4-11(10)18-9/h1-4,9H,5-8H2. The van der Waals surface area contributed by atoms with Gasteiger partial charge in [0.25, 0.3) is 0 Å². The van der Waals surface area contributed by atoms with Crippen LogP contribution in [0.25, 0.3) is 0 Å². The Balaban J connectivity index is 1.69. The molecule has 1 unspecified atom stereocenters. The highest BCUT2D eigenvalue weighted by atomic mass is 16.6. The fraction of sp³-hybridized carbons (Fsp3) is 0.385. The molecule has 0 radical (unpaired) electrons. The van der Waals surface area contributed by atoms with Gasteiger partial charge in [0, 0.05) is 12.8 Å². The van der Waals surface area contributed by atoms with Crippen molar-refractivity contribution in [2.75, 3.05) is 13.2 Å². The number of carbonyl (C=O) groups is 2. The average Bonchev–Trinajstić information content (AvgIpc) is 2.70. The Bertz CT molecular complexity index is 484. The minimum atomic E-state index is -0.286. The van der Waals surface area contributed by atoms with E-state index >= 15 is 0 Å². The number of amides is 2. The third-order valence-electron chi connectivity index (χ3n) is 3.11. The second-order valence-electron chi connectivity index (χ2n) is 4.40. The first-order chi connectivity index (χ1) is 8.74. The van der Waals surface area contributed by atoms with Gasteiger partial charge in [-0.3, -0.25) is 14.5 Å². The highest BCUT2D eigenvalue weighted by Crippen LogP contribution is 2.31. The van der Waals surface area contributed by atoms with Crippen molar-refractivity contribution in [1.82, 2.24) is 4.90 Å². The molecule has 1 aromatic rings. The van der Waals surface area contributed by atoms with Crippen molar-refractivity contribution in [3.8, 4) is 11.5 Å². The zero-order valence-electron chi connectivity index (χ0n) is 9.80. The Morgan fingerprint density at radius 3 is 2.50 bits per heavy atom. The van der Waals surface area contributed by atoms with Crippen LogP contribution in [0.2, 0.25) is 0 Å². The van der Waals surface area contributed by atoms with Gasteiger partial charge in [0.15, 0.2) is 17.6 Å². The van der Waals surface area contributed by atoms with Gasteiger partial charge in [0.2, 0.25) is 11.8 Å². The first-order valence-electron chi connectivity index (χ1n) is 5.96. The third-order valence-corrected chi connectivity index (χ3v) is 3.11. The molecule has 2 heterocycles. The lowest BCUT2D eigenvalue weighted by Gasteiger charge is -2.28. The van der Waals surface area contributed by atoms with Gasteiger partial charge in [0.05, 0.1) is 6.54 Å². The van der Waals surface area contributed by atoms with Crippen molar-refractivity contribution in [3.05, 3.63) is 24.3 Å². The van der Waals surface area contributed by atoms with E-state index < -0.39 is 0 Å². The average molecular weight is 247 g/mol. The fourth-order valence-corrected chi connectivity index (χ4v) is 2.18. The molecule has 2 aliphatic rings. The Morgan fingerprint density at radius 2 is 1.78 bits per heavy atom. The molecule has 3 rings (SSSR count). The van der Waals surface area contributed by atoms with E-state index in [1.807, 2.05) is 24.3 Å². The van der Waals surface area contributed by atoms with Crippen LogP contribution in [0.5, 0.6) is 11.5 Å². The highest BCUT2D eigenvalue weighted by Gasteiger charge is 2.33. The van der Waals surface area contributed by atoms with E-state index in [1.165, 1.54) is 4.90 Å². The zero-order valence-corrected chi connectivity index (χ0v) is 9.80. The number of carbonyl (C=O) groups excluding carboxylic acids is 2. The maximum Gasteiger partial charge on any atom is 0.229 e. The summed E-state index contributed by atoms with van der Waals surface area (Å²) in [5, 5.41) is 0. The maximum absolute atomic E-state index is 11.5. The highest BCUT2D eigenvalue weighted by molar-refractivity contribution is 6.01. The molecule has 5 heteroatoms. The molecule has 5 nitrogen and oxygen atoms in total. The van der Waals surface area contributed by atoms with Crippen molar-refractivity contribution in [2.24, 2.45) is 0 Å². The minimum absolute atomic E-state index is 0.123. The molecule has 1 fully saturated rings. The summed E-state index contributed by atoms with van der Waals surface area (Å²) in [6, 6.07) is 7.37. The van der Waals surface area contributed by atoms with Gasteiger partial charge in [-0.2, -0.15) is 0 Å². The molecular formula is C13H13NO4. The number of para-hydroxylation sites is 2. The van der Waals surface area contributed by atoms with Crippen molar-refractivity contribution in [3.63, 3.8) is 0 Å².